The first-order valence-electron chi connectivity index (χ1n) is 11.2. The first kappa shape index (κ1) is 22.4. The summed E-state index contributed by atoms with van der Waals surface area (Å²) in [5, 5.41) is 22.9. The molecule has 1 fully saturated rings. The van der Waals surface area contributed by atoms with Gasteiger partial charge in [-0.1, -0.05) is 19.1 Å². The molecule has 1 aliphatic heterocycles. The number of carbonyl (C=O) groups excluding carboxylic acids is 1. The lowest BCUT2D eigenvalue weighted by Gasteiger charge is -2.22. The van der Waals surface area contributed by atoms with E-state index in [0.29, 0.717) is 24.0 Å². The lowest BCUT2D eigenvalue weighted by Crippen LogP contribution is -2.33. The predicted octanol–water partition coefficient (Wildman–Crippen LogP) is 3.35. The summed E-state index contributed by atoms with van der Waals surface area (Å²) >= 11 is 0. The lowest BCUT2D eigenvalue weighted by atomic mass is 10.1. The SMILES string of the molecule is CC[C@@H](C#N)NC(=O)c1ccc(-c2nc(Nc3cnn(C4CCNCC4)c3)ncc2C)cc1. The van der Waals surface area contributed by atoms with E-state index < -0.39 is 6.04 Å². The van der Waals surface area contributed by atoms with Crippen LogP contribution in [0.15, 0.2) is 42.9 Å². The number of benzene rings is 1. The third kappa shape index (κ3) is 5.35. The fourth-order valence-corrected chi connectivity index (χ4v) is 3.84. The highest BCUT2D eigenvalue weighted by Crippen LogP contribution is 2.25. The van der Waals surface area contributed by atoms with Crippen LogP contribution in [0.2, 0.25) is 0 Å². The van der Waals surface area contributed by atoms with Gasteiger partial charge in [0.25, 0.3) is 5.91 Å². The molecule has 2 aromatic heterocycles. The molecule has 1 amide bonds. The normalized spacial score (nSPS) is 14.9. The molecule has 0 radical (unpaired) electrons. The van der Waals surface area contributed by atoms with Crippen molar-refractivity contribution in [1.82, 2.24) is 30.4 Å². The Morgan fingerprint density at radius 2 is 2.03 bits per heavy atom. The zero-order valence-electron chi connectivity index (χ0n) is 18.9. The van der Waals surface area contributed by atoms with Gasteiger partial charge in [0.15, 0.2) is 0 Å². The van der Waals surface area contributed by atoms with Gasteiger partial charge in [0.2, 0.25) is 5.95 Å². The molecular weight excluding hydrogens is 416 g/mol. The molecule has 170 valence electrons. The number of piperidine rings is 1. The summed E-state index contributed by atoms with van der Waals surface area (Å²) in [6.07, 6.45) is 8.26. The molecule has 1 aromatic carbocycles. The molecule has 0 spiro atoms. The minimum absolute atomic E-state index is 0.262. The van der Waals surface area contributed by atoms with Gasteiger partial charge in [-0.2, -0.15) is 10.4 Å². The van der Waals surface area contributed by atoms with Crippen LogP contribution in [0, 0.1) is 18.3 Å². The largest absolute Gasteiger partial charge is 0.336 e. The van der Waals surface area contributed by atoms with E-state index in [4.69, 9.17) is 10.2 Å². The molecule has 0 unspecified atom stereocenters. The van der Waals surface area contributed by atoms with Gasteiger partial charge in [-0.3, -0.25) is 9.48 Å². The van der Waals surface area contributed by atoms with Gasteiger partial charge in [-0.25, -0.2) is 9.97 Å². The van der Waals surface area contributed by atoms with Crippen molar-refractivity contribution in [3.05, 3.63) is 54.0 Å². The van der Waals surface area contributed by atoms with Gasteiger partial charge in [0.05, 0.1) is 29.7 Å². The average Bonchev–Trinajstić information content (AvgIpc) is 3.33. The summed E-state index contributed by atoms with van der Waals surface area (Å²) in [5.74, 6) is 0.226. The smallest absolute Gasteiger partial charge is 0.252 e. The van der Waals surface area contributed by atoms with Crippen LogP contribution in [0.5, 0.6) is 0 Å². The number of hydrogen-bond donors (Lipinski definition) is 3. The molecule has 0 aliphatic carbocycles. The molecule has 9 nitrogen and oxygen atoms in total. The highest BCUT2D eigenvalue weighted by atomic mass is 16.1. The summed E-state index contributed by atoms with van der Waals surface area (Å²) in [5.41, 5.74) is 3.95. The molecule has 1 aliphatic rings. The lowest BCUT2D eigenvalue weighted by molar-refractivity contribution is 0.0944. The molecular formula is C24H28N8O. The van der Waals surface area contributed by atoms with Crippen molar-refractivity contribution >= 4 is 17.5 Å². The van der Waals surface area contributed by atoms with E-state index in [1.165, 1.54) is 0 Å². The van der Waals surface area contributed by atoms with Crippen molar-refractivity contribution < 1.29 is 4.79 Å². The molecule has 3 aromatic rings. The van der Waals surface area contributed by atoms with Crippen LogP contribution >= 0.6 is 0 Å². The number of nitrogens with one attached hydrogen (secondary N) is 3. The molecule has 4 rings (SSSR count). The number of rotatable bonds is 7. The van der Waals surface area contributed by atoms with Gasteiger partial charge in [0, 0.05) is 23.5 Å². The second kappa shape index (κ2) is 10.2. The van der Waals surface area contributed by atoms with Gasteiger partial charge in [0.1, 0.15) is 6.04 Å². The minimum Gasteiger partial charge on any atom is -0.336 e. The van der Waals surface area contributed by atoms with Crippen LogP contribution < -0.4 is 16.0 Å². The maximum absolute atomic E-state index is 12.4. The molecule has 9 heteroatoms. The summed E-state index contributed by atoms with van der Waals surface area (Å²) < 4.78 is 2.01. The van der Waals surface area contributed by atoms with Crippen LogP contribution in [-0.2, 0) is 0 Å². The van der Waals surface area contributed by atoms with E-state index in [-0.39, 0.29) is 5.91 Å². The predicted molar refractivity (Wildman–Crippen MR) is 126 cm³/mol. The Kier molecular flexibility index (Phi) is 6.95. The van der Waals surface area contributed by atoms with Crippen molar-refractivity contribution in [2.75, 3.05) is 18.4 Å². The van der Waals surface area contributed by atoms with Crippen molar-refractivity contribution in [3.63, 3.8) is 0 Å². The van der Waals surface area contributed by atoms with Gasteiger partial charge < -0.3 is 16.0 Å². The quantitative estimate of drug-likeness (QED) is 0.511. The summed E-state index contributed by atoms with van der Waals surface area (Å²) in [6, 6.07) is 9.20. The van der Waals surface area contributed by atoms with E-state index in [2.05, 4.69) is 32.1 Å². The van der Waals surface area contributed by atoms with Crippen molar-refractivity contribution in [3.8, 4) is 17.3 Å². The second-order valence-corrected chi connectivity index (χ2v) is 8.18. The monoisotopic (exact) mass is 444 g/mol. The molecule has 0 saturated carbocycles. The summed E-state index contributed by atoms with van der Waals surface area (Å²) in [6.45, 7) is 5.83. The van der Waals surface area contributed by atoms with Crippen LogP contribution in [0.1, 0.15) is 48.1 Å². The molecule has 3 N–H and O–H groups in total. The van der Waals surface area contributed by atoms with Gasteiger partial charge >= 0.3 is 0 Å². The first-order valence-corrected chi connectivity index (χ1v) is 11.2. The Balaban J connectivity index is 1.48. The third-order valence-corrected chi connectivity index (χ3v) is 5.80. The number of anilines is 2. The summed E-state index contributed by atoms with van der Waals surface area (Å²) in [4.78, 5) is 21.5. The second-order valence-electron chi connectivity index (χ2n) is 8.18. The fraction of sp³-hybridized carbons (Fsp3) is 0.375. The zero-order valence-corrected chi connectivity index (χ0v) is 18.9. The zero-order chi connectivity index (χ0) is 23.2. The number of hydrogen-bond acceptors (Lipinski definition) is 7. The van der Waals surface area contributed by atoms with E-state index >= 15 is 0 Å². The summed E-state index contributed by atoms with van der Waals surface area (Å²) in [7, 11) is 0. The maximum Gasteiger partial charge on any atom is 0.252 e. The van der Waals surface area contributed by atoms with Crippen molar-refractivity contribution in [1.29, 1.82) is 5.26 Å². The van der Waals surface area contributed by atoms with Crippen LogP contribution in [-0.4, -0.2) is 44.8 Å². The van der Waals surface area contributed by atoms with E-state index in [9.17, 15) is 4.79 Å². The van der Waals surface area contributed by atoms with Crippen LogP contribution in [0.3, 0.4) is 0 Å². The number of nitrogens with zero attached hydrogens (tertiary/aromatic N) is 5. The van der Waals surface area contributed by atoms with E-state index in [1.54, 1.807) is 24.5 Å². The van der Waals surface area contributed by atoms with E-state index in [0.717, 1.165) is 48.4 Å². The number of aromatic nitrogens is 4. The highest BCUT2D eigenvalue weighted by molar-refractivity contribution is 5.95. The van der Waals surface area contributed by atoms with Crippen LogP contribution in [0.25, 0.3) is 11.3 Å². The Bertz CT molecular complexity index is 1140. The van der Waals surface area contributed by atoms with Crippen LogP contribution in [0.4, 0.5) is 11.6 Å². The molecule has 3 heterocycles. The molecule has 1 saturated heterocycles. The number of nitriles is 1. The number of amides is 1. The maximum atomic E-state index is 12.4. The van der Waals surface area contributed by atoms with Gasteiger partial charge in [-0.05, 0) is 57.0 Å². The third-order valence-electron chi connectivity index (χ3n) is 5.80. The van der Waals surface area contributed by atoms with Crippen molar-refractivity contribution in [2.45, 2.75) is 45.2 Å². The average molecular weight is 445 g/mol. The number of aryl methyl sites for hydroxylation is 1. The Labute approximate surface area is 193 Å². The Morgan fingerprint density at radius 3 is 2.73 bits per heavy atom. The van der Waals surface area contributed by atoms with E-state index in [1.807, 2.05) is 36.9 Å². The molecule has 33 heavy (non-hydrogen) atoms. The Morgan fingerprint density at radius 1 is 1.27 bits per heavy atom. The number of carbonyl (C=O) groups is 1. The highest BCUT2D eigenvalue weighted by Gasteiger charge is 2.16. The fourth-order valence-electron chi connectivity index (χ4n) is 3.84. The van der Waals surface area contributed by atoms with Gasteiger partial charge in [-0.15, -0.1) is 0 Å². The molecule has 1 atom stereocenters. The topological polar surface area (TPSA) is 121 Å². The molecule has 0 bridgehead atoms. The minimum atomic E-state index is -0.492. The first-order chi connectivity index (χ1) is 16.1. The standard InChI is InChI=1S/C24H28N8O/c1-3-19(12-25)29-23(33)18-6-4-17(5-7-18)22-16(2)13-27-24(31-22)30-20-14-28-32(15-20)21-8-10-26-11-9-21/h4-7,13-15,19,21,26H,3,8-11H2,1-2H3,(H,29,33)(H,27,30,31)/t19-/m0/s1. The van der Waals surface area contributed by atoms with Crippen molar-refractivity contribution in [2.24, 2.45) is 0 Å². The Hall–Kier alpha value is -3.77.